The average Bonchev–Trinajstić information content (AvgIpc) is 0.771. The van der Waals surface area contributed by atoms with Gasteiger partial charge in [-0.05, 0) is 209 Å². The van der Waals surface area contributed by atoms with Gasteiger partial charge in [-0.1, -0.05) is 227 Å². The predicted octanol–water partition coefficient (Wildman–Crippen LogP) is 32.3. The van der Waals surface area contributed by atoms with Gasteiger partial charge >= 0.3 is 0 Å². The molecule has 20 aromatic rings. The van der Waals surface area contributed by atoms with Crippen molar-refractivity contribution in [3.63, 3.8) is 0 Å². The molecule has 708 valence electrons. The first-order chi connectivity index (χ1) is 72.5. The van der Waals surface area contributed by atoms with Crippen LogP contribution >= 0.6 is 0 Å². The van der Waals surface area contributed by atoms with Gasteiger partial charge < -0.3 is 39.9 Å². The molecule has 8 aromatic heterocycles. The van der Waals surface area contributed by atoms with Crippen LogP contribution in [-0.2, 0) is 80.4 Å². The Hall–Kier alpha value is -13.6. The monoisotopic (exact) mass is 2550 g/mol. The molecule has 8 heterocycles. The molecule has 12 aromatic carbocycles. The maximum absolute atomic E-state index is 8.73. The standard InChI is InChI=1S/C23H24N.2C18H14N.C17H12N.C14H14N.2C13H12N.C12H10N.4Ir/c1-17(23(2,3)4)18-10-12-19(13-11-18)21-14-15-24-22(16-21)20-8-6-5-7-9-20;2*1-14-7-9-15(10-8-14)17-11-12-19-18(13-17)16-5-3-2-4-6-16;1-3-7-14(8-4-1)16-11-12-18-17(13-16)15-9-5-2-6-10-15;1-10-4-6-13(7-5-10)14-8-11(2)12(3)9-15-14;1-10-3-6-12(7-4-10)13-8-5-11(2)9-14-13;1-10-8-13(14-9-11(10)2)12-6-4-3-5-7-12;1-10-6-5-9-12(13-10)11-7-3-2-4-8-11;;;;/h5-8,10-17H,1-4H3;2*2-5,7-13H,1H3;1-9,11-13H;4-6,8-9H,1-3H3;2*3-6,8-9H,1-2H3;2-7,9H,1H3;;;;/q8*-1;;;;/i17D;;;;1D3,3D3;1D3,2D3;2D3;;;;;. The number of rotatable bonds is 13. The molecule has 0 amide bonds. The van der Waals surface area contributed by atoms with Crippen LogP contribution in [-0.4, -0.2) is 39.9 Å². The van der Waals surface area contributed by atoms with Crippen molar-refractivity contribution < 1.29 is 102 Å². The minimum atomic E-state index is -2.19. The van der Waals surface area contributed by atoms with E-state index in [4.69, 9.17) is 21.9 Å². The molecule has 12 heteroatoms. The Morgan fingerprint density at radius 3 is 0.850 bits per heavy atom. The Morgan fingerprint density at radius 1 is 0.243 bits per heavy atom. The fourth-order valence-electron chi connectivity index (χ4n) is 13.6. The summed E-state index contributed by atoms with van der Waals surface area (Å²) in [5.74, 6) is -0.631. The molecule has 0 aliphatic rings. The minimum Gasteiger partial charge on any atom is -0.305 e. The van der Waals surface area contributed by atoms with Crippen LogP contribution in [0.3, 0.4) is 0 Å². The van der Waals surface area contributed by atoms with Crippen LogP contribution in [0, 0.1) is 123 Å². The molecule has 1 unspecified atom stereocenters. The molecule has 0 bridgehead atoms. The molecular weight excluding hydrogens is 2420 g/mol. The van der Waals surface area contributed by atoms with E-state index in [2.05, 4.69) is 232 Å². The van der Waals surface area contributed by atoms with Crippen molar-refractivity contribution in [2.45, 2.75) is 102 Å². The normalized spacial score (nSPS) is 12.8. The van der Waals surface area contributed by atoms with E-state index in [9.17, 15) is 0 Å². The van der Waals surface area contributed by atoms with Gasteiger partial charge in [-0.2, -0.15) is 0 Å². The molecule has 4 radical (unpaired) electrons. The Balaban J connectivity index is 0.000000197. The Bertz CT molecular complexity index is 7510. The van der Waals surface area contributed by atoms with Gasteiger partial charge in [0.25, 0.3) is 0 Å². The zero-order chi connectivity index (χ0) is 109. The average molecular weight is 2550 g/mol. The number of aryl methyl sites for hydroxylation is 10. The van der Waals surface area contributed by atoms with Crippen LogP contribution in [0.2, 0.25) is 0 Å². The molecule has 1 atom stereocenters. The van der Waals surface area contributed by atoms with Crippen molar-refractivity contribution in [1.82, 2.24) is 39.9 Å². The summed E-state index contributed by atoms with van der Waals surface area (Å²) in [6.45, 7) is 7.21. The molecule has 20 rings (SSSR count). The molecule has 0 saturated heterocycles. The second kappa shape index (κ2) is 56.5. The zero-order valence-electron chi connectivity index (χ0n) is 94.7. The molecule has 0 N–H and O–H groups in total. The molecule has 0 aliphatic carbocycles. The van der Waals surface area contributed by atoms with Crippen LogP contribution in [0.25, 0.3) is 135 Å². The number of nitrogens with zero attached hydrogens (tertiary/aromatic N) is 8. The Labute approximate surface area is 907 Å². The van der Waals surface area contributed by atoms with Gasteiger partial charge in [-0.3, -0.25) is 0 Å². The molecule has 0 spiro atoms. The molecule has 0 aliphatic heterocycles. The van der Waals surface area contributed by atoms with Gasteiger partial charge in [0, 0.05) is 151 Å². The molecule has 0 saturated carbocycles. The number of benzene rings is 12. The van der Waals surface area contributed by atoms with Crippen LogP contribution in [0.5, 0.6) is 0 Å². The number of aromatic nitrogens is 8. The van der Waals surface area contributed by atoms with E-state index in [-0.39, 0.29) is 108 Å². The van der Waals surface area contributed by atoms with E-state index in [1.807, 2.05) is 245 Å². The van der Waals surface area contributed by atoms with E-state index >= 15 is 0 Å². The number of hydrogen-bond acceptors (Lipinski definition) is 8. The topological polar surface area (TPSA) is 103 Å². The Kier molecular flexibility index (Phi) is 35.5. The van der Waals surface area contributed by atoms with Crippen molar-refractivity contribution in [3.05, 3.63) is 529 Å². The van der Waals surface area contributed by atoms with E-state index in [0.717, 1.165) is 95.5 Å². The van der Waals surface area contributed by atoms with E-state index in [1.54, 1.807) is 44.2 Å². The summed E-state index contributed by atoms with van der Waals surface area (Å²) in [6.07, 6.45) is 11.5. The van der Waals surface area contributed by atoms with Gasteiger partial charge in [-0.25, -0.2) is 0 Å². The van der Waals surface area contributed by atoms with Crippen LogP contribution in [0.15, 0.2) is 419 Å². The van der Waals surface area contributed by atoms with Crippen molar-refractivity contribution in [3.8, 4) is 135 Å². The molecular formula is C128H112Ir4N8-8. The number of pyridine rings is 8. The molecule has 140 heavy (non-hydrogen) atoms. The van der Waals surface area contributed by atoms with Crippen molar-refractivity contribution in [1.29, 1.82) is 0 Å². The summed E-state index contributed by atoms with van der Waals surface area (Å²) < 4.78 is 119. The van der Waals surface area contributed by atoms with Gasteiger partial charge in [-0.15, -0.1) is 286 Å². The molecule has 0 fully saturated rings. The summed E-state index contributed by atoms with van der Waals surface area (Å²) >= 11 is 0. The fraction of sp³-hybridized carbons (Fsp3) is 0.125. The minimum absolute atomic E-state index is 0. The first kappa shape index (κ1) is 87.9. The Morgan fingerprint density at radius 2 is 0.550 bits per heavy atom. The second-order valence-electron chi connectivity index (χ2n) is 32.8. The summed E-state index contributed by atoms with van der Waals surface area (Å²) in [7, 11) is 0. The van der Waals surface area contributed by atoms with Gasteiger partial charge in [0.1, 0.15) is 0 Å². The first-order valence-corrected chi connectivity index (χ1v) is 44.4. The quantitative estimate of drug-likeness (QED) is 0.105. The summed E-state index contributed by atoms with van der Waals surface area (Å²) in [5, 5.41) is 0. The van der Waals surface area contributed by atoms with E-state index in [0.29, 0.717) is 33.6 Å². The van der Waals surface area contributed by atoms with Crippen LogP contribution in [0.1, 0.15) is 117 Å². The van der Waals surface area contributed by atoms with Crippen LogP contribution in [0.4, 0.5) is 0 Å². The third kappa shape index (κ3) is 33.9. The third-order valence-electron chi connectivity index (χ3n) is 21.7. The largest absolute Gasteiger partial charge is 0.305 e. The maximum atomic E-state index is 8.73. The predicted molar refractivity (Wildman–Crippen MR) is 565 cm³/mol. The van der Waals surface area contributed by atoms with Crippen molar-refractivity contribution >= 4 is 0 Å². The van der Waals surface area contributed by atoms with Gasteiger partial charge in [0.05, 0.1) is 0 Å². The van der Waals surface area contributed by atoms with Crippen molar-refractivity contribution in [2.24, 2.45) is 5.41 Å². The van der Waals surface area contributed by atoms with E-state index in [1.165, 1.54) is 93.4 Å². The SMILES string of the molecule is Cc1ccc(-c2ccnc(-c3[c-]cccc3)c2)cc1.Cc1ccc(-c2ccnc(-c3[c-]cccc3)c2)cc1.Cc1cccc(-c2[c-]cccc2)n1.[2H]C(C)(c1ccc(-c2ccnc(-c3[c-]cccc3)c2)cc1)C(C)(C)C.[2H]C([2H])([2H])c1c[c-]c(-c2cc(C)c(C([2H])([2H])[2H])cn2)cc1.[2H]C([2H])([2H])c1c[c-]c(-c2ccc(C([2H])([2H])[2H])cn2)cc1.[2H]C([2H])([2H])c1cnc(-c2[c-]cccc2)cc1C.[Ir].[Ir].[Ir].[Ir].[c-]1ccccc1-c1cc(-c2ccccc2)ccn1. The van der Waals surface area contributed by atoms with Crippen LogP contribution < -0.4 is 0 Å². The van der Waals surface area contributed by atoms with Crippen molar-refractivity contribution in [2.75, 3.05) is 0 Å². The van der Waals surface area contributed by atoms with Gasteiger partial charge in [0.15, 0.2) is 0 Å². The summed E-state index contributed by atoms with van der Waals surface area (Å²) in [6, 6.07) is 146. The summed E-state index contributed by atoms with van der Waals surface area (Å²) in [5.41, 5.74) is 30.2. The number of hydrogen-bond donors (Lipinski definition) is 0. The fourth-order valence-corrected chi connectivity index (χ4v) is 13.6. The van der Waals surface area contributed by atoms with Gasteiger partial charge in [0.2, 0.25) is 0 Å². The first-order valence-electron chi connectivity index (χ1n) is 52.4. The molecule has 8 nitrogen and oxygen atoms in total. The second-order valence-corrected chi connectivity index (χ2v) is 32.8. The van der Waals surface area contributed by atoms with E-state index < -0.39 is 40.2 Å². The zero-order valence-corrected chi connectivity index (χ0v) is 88.3. The maximum Gasteiger partial charge on any atom is 0.0355 e. The smallest absolute Gasteiger partial charge is 0.0355 e. The third-order valence-corrected chi connectivity index (χ3v) is 21.7. The summed E-state index contributed by atoms with van der Waals surface area (Å²) in [4.78, 5) is 34.5.